The predicted molar refractivity (Wildman–Crippen MR) is 415 cm³/mol. The van der Waals surface area contributed by atoms with E-state index in [0.29, 0.717) is 17.4 Å². The molecule has 0 heterocycles. The fourth-order valence-corrected chi connectivity index (χ4v) is 13.2. The number of hydrogen-bond acceptors (Lipinski definition) is 5. The van der Waals surface area contributed by atoms with Crippen LogP contribution in [0, 0.1) is 0 Å². The average Bonchev–Trinajstić information content (AvgIpc) is 1.77. The highest BCUT2D eigenvalue weighted by Gasteiger charge is 2.28. The van der Waals surface area contributed by atoms with Crippen molar-refractivity contribution < 1.29 is 32.9 Å². The molecule has 9 heteroatoms. The van der Waals surface area contributed by atoms with E-state index in [1.807, 2.05) is 27.2 Å². The second kappa shape index (κ2) is 75.1. The summed E-state index contributed by atoms with van der Waals surface area (Å²) in [7, 11) is 1.56. The highest BCUT2D eigenvalue weighted by molar-refractivity contribution is 7.47. The highest BCUT2D eigenvalue weighted by atomic mass is 31.2. The number of aliphatic hydroxyl groups is 1. The van der Waals surface area contributed by atoms with E-state index in [2.05, 4.69) is 79.9 Å². The van der Waals surface area contributed by atoms with Crippen molar-refractivity contribution in [2.45, 2.75) is 424 Å². The van der Waals surface area contributed by atoms with E-state index in [0.717, 1.165) is 57.8 Å². The molecule has 94 heavy (non-hydrogen) atoms. The Hall–Kier alpha value is -2.06. The smallest absolute Gasteiger partial charge is 0.387 e. The molecule has 0 saturated carbocycles. The summed E-state index contributed by atoms with van der Waals surface area (Å²) < 4.78 is 23.9. The van der Waals surface area contributed by atoms with Gasteiger partial charge in [0, 0.05) is 6.42 Å². The minimum absolute atomic E-state index is 0.0538. The summed E-state index contributed by atoms with van der Waals surface area (Å²) in [5.74, 6) is -0.184. The topological polar surface area (TPSA) is 105 Å². The van der Waals surface area contributed by atoms with Crippen LogP contribution in [0.25, 0.3) is 0 Å². The number of phosphoric ester groups is 1. The molecule has 0 aromatic carbocycles. The molecule has 0 spiro atoms. The summed E-state index contributed by atoms with van der Waals surface area (Å²) in [6, 6.07) is -0.873. The average molecular weight is 1340 g/mol. The molecule has 1 amide bonds. The maximum atomic E-state index is 13.1. The van der Waals surface area contributed by atoms with Crippen molar-refractivity contribution in [1.82, 2.24) is 5.32 Å². The molecule has 552 valence electrons. The molecule has 0 aromatic rings. The number of phosphoric acid groups is 1. The Morgan fingerprint density at radius 3 is 0.926 bits per heavy atom. The van der Waals surface area contributed by atoms with Gasteiger partial charge in [-0.25, -0.2) is 4.57 Å². The zero-order valence-electron chi connectivity index (χ0n) is 63.5. The number of likely N-dealkylation sites (N-methyl/N-ethyl adjacent to an activating group) is 1. The lowest BCUT2D eigenvalue weighted by atomic mass is 10.0. The number of rotatable bonds is 77. The fourth-order valence-electron chi connectivity index (χ4n) is 12.5. The molecule has 0 fully saturated rings. The summed E-state index contributed by atoms with van der Waals surface area (Å²) in [6.07, 6.45) is 107. The molecule has 0 aliphatic heterocycles. The molecular weight excluding hydrogens is 1180 g/mol. The lowest BCUT2D eigenvalue weighted by molar-refractivity contribution is -0.870. The summed E-state index contributed by atoms with van der Waals surface area (Å²) in [5.41, 5.74) is 0. The normalized spacial score (nSPS) is 13.8. The molecule has 0 rings (SSSR count). The monoisotopic (exact) mass is 1340 g/mol. The van der Waals surface area contributed by atoms with Gasteiger partial charge in [0.25, 0.3) is 0 Å². The Morgan fingerprint density at radius 2 is 0.617 bits per heavy atom. The number of aliphatic hydroxyl groups excluding tert-OH is 1. The van der Waals surface area contributed by atoms with Gasteiger partial charge >= 0.3 is 7.82 Å². The minimum Gasteiger partial charge on any atom is -0.387 e. The lowest BCUT2D eigenvalue weighted by Gasteiger charge is -2.25. The van der Waals surface area contributed by atoms with Crippen molar-refractivity contribution in [3.63, 3.8) is 0 Å². The zero-order valence-corrected chi connectivity index (χ0v) is 64.4. The van der Waals surface area contributed by atoms with Crippen molar-refractivity contribution in [1.29, 1.82) is 0 Å². The van der Waals surface area contributed by atoms with Crippen LogP contribution in [-0.2, 0) is 18.4 Å². The molecule has 0 bridgehead atoms. The molecule has 0 saturated heterocycles. The Balaban J connectivity index is 3.97. The van der Waals surface area contributed by atoms with Crippen LogP contribution in [-0.4, -0.2) is 73.4 Å². The van der Waals surface area contributed by atoms with Crippen molar-refractivity contribution >= 4 is 13.7 Å². The highest BCUT2D eigenvalue weighted by Crippen LogP contribution is 2.43. The van der Waals surface area contributed by atoms with Crippen LogP contribution in [0.15, 0.2) is 72.9 Å². The van der Waals surface area contributed by atoms with E-state index >= 15 is 0 Å². The van der Waals surface area contributed by atoms with Crippen molar-refractivity contribution in [2.24, 2.45) is 0 Å². The molecule has 0 radical (unpaired) electrons. The Kier molecular flexibility index (Phi) is 73.5. The lowest BCUT2D eigenvalue weighted by Crippen LogP contribution is -2.45. The van der Waals surface area contributed by atoms with E-state index in [4.69, 9.17) is 9.05 Å². The quantitative estimate of drug-likeness (QED) is 0.0243. The largest absolute Gasteiger partial charge is 0.472 e. The molecule has 0 aliphatic carbocycles. The first kappa shape index (κ1) is 91.9. The molecule has 0 aromatic heterocycles. The van der Waals surface area contributed by atoms with Gasteiger partial charge in [-0.05, 0) is 83.5 Å². The first-order chi connectivity index (χ1) is 46.0. The molecule has 3 unspecified atom stereocenters. The van der Waals surface area contributed by atoms with Crippen LogP contribution in [0.1, 0.15) is 412 Å². The third-order valence-corrected chi connectivity index (χ3v) is 19.9. The molecule has 3 atom stereocenters. The van der Waals surface area contributed by atoms with E-state index in [1.54, 1.807) is 6.08 Å². The second-order valence-corrected chi connectivity index (χ2v) is 30.9. The van der Waals surface area contributed by atoms with Crippen LogP contribution >= 0.6 is 7.82 Å². The Labute approximate surface area is 586 Å². The van der Waals surface area contributed by atoms with Crippen LogP contribution in [0.5, 0.6) is 0 Å². The van der Waals surface area contributed by atoms with Gasteiger partial charge < -0.3 is 19.8 Å². The van der Waals surface area contributed by atoms with Gasteiger partial charge in [0.15, 0.2) is 0 Å². The second-order valence-electron chi connectivity index (χ2n) is 29.5. The van der Waals surface area contributed by atoms with E-state index < -0.39 is 20.0 Å². The molecule has 3 N–H and O–H groups in total. The number of nitrogens with zero attached hydrogens (tertiary/aromatic N) is 1. The Morgan fingerprint density at radius 1 is 0.362 bits per heavy atom. The maximum Gasteiger partial charge on any atom is 0.472 e. The number of carbonyl (C=O) groups is 1. The van der Waals surface area contributed by atoms with Crippen molar-refractivity contribution in [3.05, 3.63) is 72.9 Å². The van der Waals surface area contributed by atoms with Gasteiger partial charge in [0.05, 0.1) is 39.9 Å². The third-order valence-electron chi connectivity index (χ3n) is 18.9. The summed E-state index contributed by atoms with van der Waals surface area (Å²) >= 11 is 0. The summed E-state index contributed by atoms with van der Waals surface area (Å²) in [4.78, 5) is 23.5. The third kappa shape index (κ3) is 77.3. The number of nitrogens with one attached hydrogen (secondary N) is 1. The minimum atomic E-state index is -4.37. The van der Waals surface area contributed by atoms with Gasteiger partial charge in [-0.3, -0.25) is 13.8 Å². The standard InChI is InChI=1S/C85H161N2O6P/c1-6-8-10-12-14-16-18-20-22-24-26-28-30-32-34-36-38-39-40-41-42-43-44-45-46-47-49-51-53-55-57-59-61-63-65-67-69-71-73-75-77-79-85(89)86-83(82-93-94(90,91)92-81-80-87(3,4)5)84(88)78-76-74-72-70-68-66-64-62-60-58-56-54-52-50-48-37-35-33-31-29-27-25-23-21-19-17-15-13-11-9-7-2/h18,20,24,26,30,32,60,62,68,70,76,78,83-84,88H,6-17,19,21-23,25,27-29,31,33-59,61,63-67,69,71-75,77,79-82H2,1-5H3,(H-,86,89,90,91)/p+1/b20-18-,26-24-,32-30-,62-60+,70-68+,78-76+. The van der Waals surface area contributed by atoms with Crippen LogP contribution in [0.3, 0.4) is 0 Å². The first-order valence-corrected chi connectivity index (χ1v) is 42.8. The number of quaternary nitrogens is 1. The van der Waals surface area contributed by atoms with Crippen molar-refractivity contribution in [3.8, 4) is 0 Å². The van der Waals surface area contributed by atoms with E-state index in [1.165, 1.54) is 334 Å². The Bertz CT molecular complexity index is 1770. The van der Waals surface area contributed by atoms with Gasteiger partial charge in [0.2, 0.25) is 5.91 Å². The fraction of sp³-hybridized carbons (Fsp3) is 0.847. The molecule has 8 nitrogen and oxygen atoms in total. The zero-order chi connectivity index (χ0) is 68.3. The van der Waals surface area contributed by atoms with Gasteiger partial charge in [-0.15, -0.1) is 0 Å². The predicted octanol–water partition coefficient (Wildman–Crippen LogP) is 27.2. The van der Waals surface area contributed by atoms with Gasteiger partial charge in [0.1, 0.15) is 13.2 Å². The number of unbranched alkanes of at least 4 members (excludes halogenated alkanes) is 54. The number of allylic oxidation sites excluding steroid dienone is 11. The van der Waals surface area contributed by atoms with Gasteiger partial charge in [-0.1, -0.05) is 395 Å². The number of carbonyl (C=O) groups excluding carboxylic acids is 1. The van der Waals surface area contributed by atoms with Crippen LogP contribution < -0.4 is 5.32 Å². The number of hydrogen-bond donors (Lipinski definition) is 3. The SMILES string of the molecule is CCCCCCC/C=C\C/C=C\C/C=C\CCCCCCCCCCCCCCCCCCCCCCCCCCCCC(=O)NC(COP(=O)(O)OCC[N+](C)(C)C)C(O)/C=C/CC/C=C/CC/C=C/CCCCCCCCCCCCCCCCCCCCCCC. The summed E-state index contributed by atoms with van der Waals surface area (Å²) in [6.45, 7) is 4.83. The maximum absolute atomic E-state index is 13.1. The van der Waals surface area contributed by atoms with Crippen LogP contribution in [0.4, 0.5) is 0 Å². The van der Waals surface area contributed by atoms with E-state index in [9.17, 15) is 19.4 Å². The molecule has 0 aliphatic rings. The summed E-state index contributed by atoms with van der Waals surface area (Å²) in [5, 5.41) is 14.0. The number of amides is 1. The van der Waals surface area contributed by atoms with Crippen LogP contribution in [0.2, 0.25) is 0 Å². The first-order valence-electron chi connectivity index (χ1n) is 41.3. The van der Waals surface area contributed by atoms with Gasteiger partial charge in [-0.2, -0.15) is 0 Å². The van der Waals surface area contributed by atoms with E-state index in [-0.39, 0.29) is 19.1 Å². The molecular formula is C85H162N2O6P+. The van der Waals surface area contributed by atoms with Crippen molar-refractivity contribution in [2.75, 3.05) is 40.9 Å².